The second-order valence-corrected chi connectivity index (χ2v) is 11.4. The van der Waals surface area contributed by atoms with Crippen LogP contribution in [0.25, 0.3) is 10.2 Å². The highest BCUT2D eigenvalue weighted by atomic mass is 32.2. The first-order valence-corrected chi connectivity index (χ1v) is 13.7. The highest BCUT2D eigenvalue weighted by Gasteiger charge is 2.27. The topological polar surface area (TPSA) is 102 Å². The van der Waals surface area contributed by atoms with Crippen LogP contribution >= 0.6 is 11.3 Å². The van der Waals surface area contributed by atoms with E-state index in [0.29, 0.717) is 67.1 Å². The molecule has 10 nitrogen and oxygen atoms in total. The summed E-state index contributed by atoms with van der Waals surface area (Å²) in [5.41, 5.74) is 1.08. The highest BCUT2D eigenvalue weighted by Crippen LogP contribution is 2.37. The summed E-state index contributed by atoms with van der Waals surface area (Å²) in [6.07, 6.45) is 0. The Morgan fingerprint density at radius 3 is 2.31 bits per heavy atom. The molecule has 0 aliphatic carbocycles. The van der Waals surface area contributed by atoms with Gasteiger partial charge in [-0.15, -0.1) is 0 Å². The number of hydrogen-bond acceptors (Lipinski definition) is 9. The van der Waals surface area contributed by atoms with Gasteiger partial charge >= 0.3 is 0 Å². The highest BCUT2D eigenvalue weighted by molar-refractivity contribution is 7.89. The van der Waals surface area contributed by atoms with Crippen molar-refractivity contribution in [3.05, 3.63) is 42.0 Å². The number of likely N-dealkylation sites (N-methyl/N-ethyl adjacent to an activating group) is 1. The van der Waals surface area contributed by atoms with E-state index in [1.807, 2.05) is 25.1 Å². The normalized spacial score (nSPS) is 14.8. The third-order valence-corrected chi connectivity index (χ3v) is 8.79. The Morgan fingerprint density at radius 2 is 1.69 bits per heavy atom. The summed E-state index contributed by atoms with van der Waals surface area (Å²) < 4.78 is 44.2. The minimum Gasteiger partial charge on any atom is -0.493 e. The van der Waals surface area contributed by atoms with Gasteiger partial charge in [0.05, 0.1) is 42.5 Å². The number of rotatable bonds is 9. The molecule has 36 heavy (non-hydrogen) atoms. The Hall–Kier alpha value is -2.77. The summed E-state index contributed by atoms with van der Waals surface area (Å²) in [5, 5.41) is 0.539. The summed E-state index contributed by atoms with van der Waals surface area (Å²) in [6, 6.07) is 9.70. The number of nitrogens with zero attached hydrogens (tertiary/aromatic N) is 4. The number of benzene rings is 2. The lowest BCUT2D eigenvalue weighted by atomic mass is 10.2. The van der Waals surface area contributed by atoms with Crippen molar-refractivity contribution in [2.45, 2.75) is 4.90 Å². The summed E-state index contributed by atoms with van der Waals surface area (Å²) in [7, 11) is 3.36. The van der Waals surface area contributed by atoms with Gasteiger partial charge in [-0.3, -0.25) is 9.69 Å². The van der Waals surface area contributed by atoms with E-state index >= 15 is 0 Å². The van der Waals surface area contributed by atoms with Gasteiger partial charge in [0, 0.05) is 43.9 Å². The fourth-order valence-corrected chi connectivity index (χ4v) is 6.21. The quantitative estimate of drug-likeness (QED) is 0.413. The molecular weight excluding hydrogens is 504 g/mol. The second-order valence-electron chi connectivity index (χ2n) is 8.47. The van der Waals surface area contributed by atoms with Crippen LogP contribution in [-0.4, -0.2) is 96.2 Å². The van der Waals surface area contributed by atoms with Gasteiger partial charge in [-0.2, -0.15) is 4.31 Å². The van der Waals surface area contributed by atoms with Crippen LogP contribution in [0, 0.1) is 0 Å². The molecule has 2 aromatic carbocycles. The maximum atomic E-state index is 13.6. The van der Waals surface area contributed by atoms with Crippen LogP contribution in [0.15, 0.2) is 41.3 Å². The van der Waals surface area contributed by atoms with Crippen LogP contribution in [0.1, 0.15) is 10.4 Å². The lowest BCUT2D eigenvalue weighted by molar-refractivity contribution is 0.0730. The molecule has 2 heterocycles. The summed E-state index contributed by atoms with van der Waals surface area (Å²) >= 11 is 1.38. The van der Waals surface area contributed by atoms with Crippen LogP contribution in [0.5, 0.6) is 11.5 Å². The standard InChI is InChI=1S/C24H30N4O6S2/c1-26(2)9-10-28(24-25-19-15-20(32-3)21(33-4)16-22(19)35-24)23(29)17-5-7-18(8-6-17)36(30,31)27-11-13-34-14-12-27/h5-8,15-16H,9-14H2,1-4H3. The number of anilines is 1. The molecule has 0 radical (unpaired) electrons. The number of hydrogen-bond donors (Lipinski definition) is 0. The molecule has 0 atom stereocenters. The first kappa shape index (κ1) is 26.3. The third-order valence-electron chi connectivity index (χ3n) is 5.84. The first-order valence-electron chi connectivity index (χ1n) is 11.4. The van der Waals surface area contributed by atoms with E-state index in [0.717, 1.165) is 4.70 Å². The van der Waals surface area contributed by atoms with Gasteiger partial charge in [0.2, 0.25) is 10.0 Å². The third kappa shape index (κ3) is 5.47. The Morgan fingerprint density at radius 1 is 1.06 bits per heavy atom. The van der Waals surface area contributed by atoms with Crippen molar-refractivity contribution in [1.82, 2.24) is 14.2 Å². The smallest absolute Gasteiger partial charge is 0.260 e. The molecule has 1 saturated heterocycles. The number of aromatic nitrogens is 1. The number of carbonyl (C=O) groups excluding carboxylic acids is 1. The lowest BCUT2D eigenvalue weighted by Crippen LogP contribution is -2.40. The van der Waals surface area contributed by atoms with Gasteiger partial charge in [0.25, 0.3) is 5.91 Å². The molecule has 1 amide bonds. The molecule has 0 unspecified atom stereocenters. The van der Waals surface area contributed by atoms with Crippen molar-refractivity contribution in [2.24, 2.45) is 0 Å². The van der Waals surface area contributed by atoms with Crippen LogP contribution in [0.4, 0.5) is 5.13 Å². The Kier molecular flexibility index (Phi) is 8.10. The van der Waals surface area contributed by atoms with Gasteiger partial charge in [-0.1, -0.05) is 11.3 Å². The van der Waals surface area contributed by atoms with Crippen molar-refractivity contribution < 1.29 is 27.4 Å². The van der Waals surface area contributed by atoms with Crippen LogP contribution in [0.3, 0.4) is 0 Å². The number of morpholine rings is 1. The van der Waals surface area contributed by atoms with Crippen molar-refractivity contribution in [1.29, 1.82) is 0 Å². The zero-order valence-electron chi connectivity index (χ0n) is 20.8. The number of fused-ring (bicyclic) bond motifs is 1. The van der Waals surface area contributed by atoms with Crippen molar-refractivity contribution in [3.63, 3.8) is 0 Å². The molecule has 1 aliphatic heterocycles. The minimum absolute atomic E-state index is 0.153. The minimum atomic E-state index is -3.64. The van der Waals surface area contributed by atoms with E-state index in [9.17, 15) is 13.2 Å². The molecule has 3 aromatic rings. The van der Waals surface area contributed by atoms with Crippen LogP contribution < -0.4 is 14.4 Å². The van der Waals surface area contributed by atoms with E-state index in [2.05, 4.69) is 0 Å². The van der Waals surface area contributed by atoms with Gasteiger partial charge in [0.1, 0.15) is 0 Å². The van der Waals surface area contributed by atoms with Gasteiger partial charge in [-0.25, -0.2) is 13.4 Å². The molecule has 1 fully saturated rings. The van der Waals surface area contributed by atoms with Gasteiger partial charge in [-0.05, 0) is 38.4 Å². The summed E-state index contributed by atoms with van der Waals surface area (Å²) in [6.45, 7) is 2.40. The summed E-state index contributed by atoms with van der Waals surface area (Å²) in [5.74, 6) is 0.888. The predicted molar refractivity (Wildman–Crippen MR) is 139 cm³/mol. The molecule has 0 bridgehead atoms. The van der Waals surface area contributed by atoms with E-state index in [1.165, 1.54) is 27.8 Å². The van der Waals surface area contributed by atoms with E-state index in [4.69, 9.17) is 19.2 Å². The Balaban J connectivity index is 1.64. The average molecular weight is 535 g/mol. The monoisotopic (exact) mass is 534 g/mol. The fraction of sp³-hybridized carbons (Fsp3) is 0.417. The number of amides is 1. The molecule has 12 heteroatoms. The molecule has 4 rings (SSSR count). The van der Waals surface area contributed by atoms with E-state index in [-0.39, 0.29) is 10.8 Å². The maximum absolute atomic E-state index is 13.6. The van der Waals surface area contributed by atoms with Crippen molar-refractivity contribution in [2.75, 3.05) is 72.6 Å². The zero-order chi connectivity index (χ0) is 25.9. The Labute approximate surface area is 215 Å². The Bertz CT molecular complexity index is 1280. The molecule has 1 aromatic heterocycles. The second kappa shape index (κ2) is 11.1. The zero-order valence-corrected chi connectivity index (χ0v) is 22.4. The summed E-state index contributed by atoms with van der Waals surface area (Å²) in [4.78, 5) is 22.0. The predicted octanol–water partition coefficient (Wildman–Crippen LogP) is 2.54. The molecule has 0 N–H and O–H groups in total. The number of thiazole rings is 1. The number of methoxy groups -OCH3 is 2. The molecule has 0 saturated carbocycles. The fourth-order valence-electron chi connectivity index (χ4n) is 3.80. The molecular formula is C24H30N4O6S2. The SMILES string of the molecule is COc1cc2nc(N(CCN(C)C)C(=O)c3ccc(S(=O)(=O)N4CCOCC4)cc3)sc2cc1OC. The first-order chi connectivity index (χ1) is 17.2. The maximum Gasteiger partial charge on any atom is 0.260 e. The van der Waals surface area contributed by atoms with Gasteiger partial charge in [0.15, 0.2) is 16.6 Å². The largest absolute Gasteiger partial charge is 0.493 e. The van der Waals surface area contributed by atoms with E-state index in [1.54, 1.807) is 37.3 Å². The molecule has 194 valence electrons. The van der Waals surface area contributed by atoms with Crippen LogP contribution in [-0.2, 0) is 14.8 Å². The van der Waals surface area contributed by atoms with E-state index < -0.39 is 10.0 Å². The van der Waals surface area contributed by atoms with Crippen molar-refractivity contribution in [3.8, 4) is 11.5 Å². The number of carbonyl (C=O) groups is 1. The van der Waals surface area contributed by atoms with Gasteiger partial charge < -0.3 is 19.1 Å². The van der Waals surface area contributed by atoms with Crippen molar-refractivity contribution >= 4 is 42.6 Å². The molecule has 0 spiro atoms. The number of ether oxygens (including phenoxy) is 3. The van der Waals surface area contributed by atoms with Crippen LogP contribution in [0.2, 0.25) is 0 Å². The lowest BCUT2D eigenvalue weighted by Gasteiger charge is -2.26. The number of sulfonamides is 1. The molecule has 1 aliphatic rings. The average Bonchev–Trinajstić information content (AvgIpc) is 3.30.